The second-order valence-corrected chi connectivity index (χ2v) is 7.89. The van der Waals surface area contributed by atoms with E-state index < -0.39 is 10.0 Å². The molecule has 9 heteroatoms. The molecule has 0 bridgehead atoms. The Morgan fingerprint density at radius 2 is 1.92 bits per heavy atom. The predicted molar refractivity (Wildman–Crippen MR) is 101 cm³/mol. The molecule has 25 heavy (non-hydrogen) atoms. The Hall–Kier alpha value is -1.87. The average Bonchev–Trinajstić information content (AvgIpc) is 2.63. The van der Waals surface area contributed by atoms with Crippen molar-refractivity contribution in [3.05, 3.63) is 24.4 Å². The molecule has 2 N–H and O–H groups in total. The zero-order chi connectivity index (χ0) is 18.3. The monoisotopic (exact) mass is 368 g/mol. The zero-order valence-corrected chi connectivity index (χ0v) is 15.8. The number of aliphatic imine (C=N–C) groups is 1. The van der Waals surface area contributed by atoms with Crippen LogP contribution >= 0.6 is 0 Å². The second kappa shape index (κ2) is 9.00. The molecular formula is C16H28N6O2S. The van der Waals surface area contributed by atoms with E-state index in [-0.39, 0.29) is 12.3 Å². The molecule has 2 heterocycles. The Morgan fingerprint density at radius 1 is 1.24 bits per heavy atom. The first-order chi connectivity index (χ1) is 12.0. The topological polar surface area (TPSA) is 95.1 Å². The number of hydrogen-bond acceptors (Lipinski definition) is 5. The maximum Gasteiger partial charge on any atom is 0.216 e. The van der Waals surface area contributed by atoms with Gasteiger partial charge >= 0.3 is 0 Å². The molecule has 0 unspecified atom stereocenters. The lowest BCUT2D eigenvalue weighted by molar-refractivity contribution is 0.384. The molecule has 140 valence electrons. The van der Waals surface area contributed by atoms with E-state index in [0.29, 0.717) is 32.1 Å². The van der Waals surface area contributed by atoms with Crippen LogP contribution < -0.4 is 10.6 Å². The number of nitrogens with two attached hydrogens (primary N) is 1. The number of pyridine rings is 1. The van der Waals surface area contributed by atoms with Crippen LogP contribution in [0.4, 0.5) is 5.82 Å². The van der Waals surface area contributed by atoms with Gasteiger partial charge in [-0.25, -0.2) is 13.4 Å². The summed E-state index contributed by atoms with van der Waals surface area (Å²) in [7, 11) is -3.32. The summed E-state index contributed by atoms with van der Waals surface area (Å²) in [6, 6.07) is 5.74. The highest BCUT2D eigenvalue weighted by atomic mass is 32.2. The highest BCUT2D eigenvalue weighted by molar-refractivity contribution is 7.89. The molecule has 1 aliphatic rings. The Bertz CT molecular complexity index is 652. The van der Waals surface area contributed by atoms with Gasteiger partial charge in [-0.05, 0) is 26.0 Å². The number of piperazine rings is 1. The first-order valence-electron chi connectivity index (χ1n) is 8.66. The largest absolute Gasteiger partial charge is 0.370 e. The van der Waals surface area contributed by atoms with Gasteiger partial charge in [0.15, 0.2) is 5.96 Å². The van der Waals surface area contributed by atoms with E-state index in [1.807, 2.05) is 36.9 Å². The number of nitrogens with zero attached hydrogens (tertiary/aromatic N) is 5. The minimum Gasteiger partial charge on any atom is -0.370 e. The smallest absolute Gasteiger partial charge is 0.216 e. The van der Waals surface area contributed by atoms with Crippen LogP contribution in [0.3, 0.4) is 0 Å². The number of hydrogen-bond donors (Lipinski definition) is 1. The molecule has 0 atom stereocenters. The molecule has 0 amide bonds. The van der Waals surface area contributed by atoms with Crippen LogP contribution in [0.25, 0.3) is 0 Å². The minimum atomic E-state index is -3.32. The number of rotatable bonds is 7. The van der Waals surface area contributed by atoms with E-state index in [9.17, 15) is 8.42 Å². The Labute approximate surface area is 150 Å². The fourth-order valence-electron chi connectivity index (χ4n) is 2.79. The summed E-state index contributed by atoms with van der Waals surface area (Å²) in [5, 5.41) is 0. The van der Waals surface area contributed by atoms with Gasteiger partial charge in [-0.15, -0.1) is 0 Å². The van der Waals surface area contributed by atoms with Gasteiger partial charge < -0.3 is 15.5 Å². The van der Waals surface area contributed by atoms with Crippen LogP contribution in [0, 0.1) is 0 Å². The van der Waals surface area contributed by atoms with Crippen LogP contribution in [0.5, 0.6) is 0 Å². The number of aromatic nitrogens is 1. The van der Waals surface area contributed by atoms with E-state index in [1.165, 1.54) is 4.31 Å². The molecule has 0 aromatic carbocycles. The lowest BCUT2D eigenvalue weighted by Gasteiger charge is -2.34. The van der Waals surface area contributed by atoms with Crippen molar-refractivity contribution in [2.75, 3.05) is 56.5 Å². The van der Waals surface area contributed by atoms with E-state index in [4.69, 9.17) is 5.73 Å². The zero-order valence-electron chi connectivity index (χ0n) is 15.0. The van der Waals surface area contributed by atoms with Crippen molar-refractivity contribution in [2.45, 2.75) is 13.8 Å². The highest BCUT2D eigenvalue weighted by Crippen LogP contribution is 2.14. The van der Waals surface area contributed by atoms with Crippen molar-refractivity contribution in [1.29, 1.82) is 0 Å². The molecule has 1 fully saturated rings. The summed E-state index contributed by atoms with van der Waals surface area (Å²) in [6.07, 6.45) is 1.75. The van der Waals surface area contributed by atoms with Gasteiger partial charge in [-0.1, -0.05) is 6.07 Å². The SMILES string of the molecule is CCN(CC)C(N)=NCCS(=O)(=O)N1CCN(c2ccccn2)CC1. The quantitative estimate of drug-likeness (QED) is 0.545. The molecular weight excluding hydrogens is 340 g/mol. The third-order valence-corrected chi connectivity index (χ3v) is 6.17. The predicted octanol–water partition coefficient (Wildman–Crippen LogP) is 0.190. The molecule has 8 nitrogen and oxygen atoms in total. The van der Waals surface area contributed by atoms with Crippen molar-refractivity contribution < 1.29 is 8.42 Å². The first kappa shape index (κ1) is 19.5. The number of guanidine groups is 1. The van der Waals surface area contributed by atoms with Crippen LogP contribution in [0.15, 0.2) is 29.4 Å². The summed E-state index contributed by atoms with van der Waals surface area (Å²) >= 11 is 0. The van der Waals surface area contributed by atoms with Crippen LogP contribution in [0.1, 0.15) is 13.8 Å². The van der Waals surface area contributed by atoms with E-state index in [1.54, 1.807) is 6.20 Å². The average molecular weight is 369 g/mol. The molecule has 1 saturated heterocycles. The number of sulfonamides is 1. The molecule has 1 aliphatic heterocycles. The third kappa shape index (κ3) is 5.30. The highest BCUT2D eigenvalue weighted by Gasteiger charge is 2.27. The van der Waals surface area contributed by atoms with Gasteiger partial charge in [0.2, 0.25) is 10.0 Å². The van der Waals surface area contributed by atoms with Crippen molar-refractivity contribution >= 4 is 21.8 Å². The molecule has 0 aliphatic carbocycles. The molecule has 2 rings (SSSR count). The standard InChI is InChI=1S/C16H28N6O2S/c1-3-20(4-2)16(17)19-9-14-25(23,24)22-12-10-21(11-13-22)15-7-5-6-8-18-15/h5-8H,3-4,9-14H2,1-2H3,(H2,17,19). The maximum atomic E-state index is 12.5. The summed E-state index contributed by atoms with van der Waals surface area (Å²) in [4.78, 5) is 12.5. The summed E-state index contributed by atoms with van der Waals surface area (Å²) in [6.45, 7) is 7.89. The minimum absolute atomic E-state index is 0.0153. The third-order valence-electron chi connectivity index (χ3n) is 4.32. The Balaban J connectivity index is 1.86. The summed E-state index contributed by atoms with van der Waals surface area (Å²) in [5.74, 6) is 1.27. The number of anilines is 1. The Kier molecular flexibility index (Phi) is 7.01. The van der Waals surface area contributed by atoms with Gasteiger partial charge in [-0.3, -0.25) is 4.99 Å². The lowest BCUT2D eigenvalue weighted by Crippen LogP contribution is -2.49. The van der Waals surface area contributed by atoms with Crippen molar-refractivity contribution in [1.82, 2.24) is 14.2 Å². The van der Waals surface area contributed by atoms with Crippen LogP contribution in [-0.4, -0.2) is 80.1 Å². The first-order valence-corrected chi connectivity index (χ1v) is 10.3. The van der Waals surface area contributed by atoms with Crippen molar-refractivity contribution in [3.8, 4) is 0 Å². The van der Waals surface area contributed by atoms with Gasteiger partial charge in [0.25, 0.3) is 0 Å². The van der Waals surface area contributed by atoms with Gasteiger partial charge in [0, 0.05) is 45.5 Å². The Morgan fingerprint density at radius 3 is 2.48 bits per heavy atom. The molecule has 0 spiro atoms. The summed E-state index contributed by atoms with van der Waals surface area (Å²) in [5.41, 5.74) is 5.88. The molecule has 1 aromatic heterocycles. The second-order valence-electron chi connectivity index (χ2n) is 5.80. The fourth-order valence-corrected chi connectivity index (χ4v) is 4.09. The summed E-state index contributed by atoms with van der Waals surface area (Å²) < 4.78 is 26.5. The lowest BCUT2D eigenvalue weighted by atomic mass is 10.3. The normalized spacial score (nSPS) is 16.9. The molecule has 1 aromatic rings. The van der Waals surface area contributed by atoms with Crippen molar-refractivity contribution in [2.24, 2.45) is 10.7 Å². The van der Waals surface area contributed by atoms with E-state index in [0.717, 1.165) is 18.9 Å². The fraction of sp³-hybridized carbons (Fsp3) is 0.625. The van der Waals surface area contributed by atoms with Gasteiger partial charge in [0.1, 0.15) is 5.82 Å². The van der Waals surface area contributed by atoms with Gasteiger partial charge in [0.05, 0.1) is 12.3 Å². The molecule has 0 radical (unpaired) electrons. The molecule has 0 saturated carbocycles. The van der Waals surface area contributed by atoms with E-state index in [2.05, 4.69) is 14.9 Å². The van der Waals surface area contributed by atoms with Gasteiger partial charge in [-0.2, -0.15) is 4.31 Å². The van der Waals surface area contributed by atoms with E-state index >= 15 is 0 Å². The van der Waals surface area contributed by atoms with Crippen LogP contribution in [0.2, 0.25) is 0 Å². The van der Waals surface area contributed by atoms with Crippen molar-refractivity contribution in [3.63, 3.8) is 0 Å². The van der Waals surface area contributed by atoms with Crippen LogP contribution in [-0.2, 0) is 10.0 Å². The maximum absolute atomic E-state index is 12.5.